The van der Waals surface area contributed by atoms with Crippen LogP contribution in [-0.4, -0.2) is 52.1 Å². The van der Waals surface area contributed by atoms with Crippen molar-refractivity contribution >= 4 is 17.5 Å². The molecule has 2 unspecified atom stereocenters. The number of ether oxygens (including phenoxy) is 1. The standard InChI is InChI=1S/C12H18ClN5O/c1-19-12-16-10(13)15-11(17-12)14-8-5-7-18-6-3-2-4-9(8)18/h8-9H,2-7H2,1H3,(H,14,15,16,17). The van der Waals surface area contributed by atoms with Crippen molar-refractivity contribution in [3.8, 4) is 6.01 Å². The molecule has 104 valence electrons. The number of halogens is 1. The molecule has 3 rings (SSSR count). The molecular formula is C12H18ClN5O. The zero-order chi connectivity index (χ0) is 13.2. The summed E-state index contributed by atoms with van der Waals surface area (Å²) in [5, 5.41) is 3.55. The number of rotatable bonds is 3. The molecule has 1 aromatic heterocycles. The lowest BCUT2D eigenvalue weighted by Crippen LogP contribution is -2.42. The van der Waals surface area contributed by atoms with Crippen LogP contribution in [0.3, 0.4) is 0 Å². The smallest absolute Gasteiger partial charge is 0.322 e. The molecule has 2 atom stereocenters. The summed E-state index contributed by atoms with van der Waals surface area (Å²) in [5.41, 5.74) is 0. The molecule has 0 aliphatic carbocycles. The van der Waals surface area contributed by atoms with Crippen molar-refractivity contribution < 1.29 is 4.74 Å². The number of methoxy groups -OCH3 is 1. The number of nitrogens with zero attached hydrogens (tertiary/aromatic N) is 4. The molecule has 2 saturated heterocycles. The summed E-state index contributed by atoms with van der Waals surface area (Å²) in [6.07, 6.45) is 4.99. The van der Waals surface area contributed by atoms with Gasteiger partial charge in [0.1, 0.15) is 0 Å². The van der Waals surface area contributed by atoms with Gasteiger partial charge in [0.15, 0.2) is 0 Å². The Morgan fingerprint density at radius 3 is 2.95 bits per heavy atom. The van der Waals surface area contributed by atoms with E-state index in [1.165, 1.54) is 32.9 Å². The molecule has 2 fully saturated rings. The fourth-order valence-corrected chi connectivity index (χ4v) is 3.22. The molecule has 0 amide bonds. The zero-order valence-electron chi connectivity index (χ0n) is 11.0. The van der Waals surface area contributed by atoms with Crippen LogP contribution in [0.5, 0.6) is 6.01 Å². The number of fused-ring (bicyclic) bond motifs is 1. The van der Waals surface area contributed by atoms with Gasteiger partial charge in [-0.25, -0.2) is 0 Å². The Morgan fingerprint density at radius 2 is 2.11 bits per heavy atom. The highest BCUT2D eigenvalue weighted by molar-refractivity contribution is 6.28. The molecule has 0 bridgehead atoms. The van der Waals surface area contributed by atoms with Gasteiger partial charge in [-0.1, -0.05) is 6.42 Å². The number of anilines is 1. The van der Waals surface area contributed by atoms with E-state index in [9.17, 15) is 0 Å². The first kappa shape index (κ1) is 12.9. The molecule has 0 saturated carbocycles. The van der Waals surface area contributed by atoms with Crippen molar-refractivity contribution in [2.45, 2.75) is 37.8 Å². The van der Waals surface area contributed by atoms with Gasteiger partial charge in [-0.15, -0.1) is 0 Å². The third kappa shape index (κ3) is 2.74. The van der Waals surface area contributed by atoms with Crippen LogP contribution in [0.4, 0.5) is 5.95 Å². The minimum absolute atomic E-state index is 0.160. The van der Waals surface area contributed by atoms with Gasteiger partial charge in [0.2, 0.25) is 11.2 Å². The summed E-state index contributed by atoms with van der Waals surface area (Å²) in [5.74, 6) is 0.509. The zero-order valence-corrected chi connectivity index (χ0v) is 11.7. The molecule has 1 N–H and O–H groups in total. The first-order valence-corrected chi connectivity index (χ1v) is 7.10. The van der Waals surface area contributed by atoms with Crippen molar-refractivity contribution in [1.82, 2.24) is 19.9 Å². The first-order chi connectivity index (χ1) is 9.26. The van der Waals surface area contributed by atoms with Gasteiger partial charge >= 0.3 is 6.01 Å². The lowest BCUT2D eigenvalue weighted by atomic mass is 9.99. The normalized spacial score (nSPS) is 27.1. The quantitative estimate of drug-likeness (QED) is 0.909. The van der Waals surface area contributed by atoms with Gasteiger partial charge in [-0.3, -0.25) is 4.90 Å². The summed E-state index contributed by atoms with van der Waals surface area (Å²) >= 11 is 5.86. The van der Waals surface area contributed by atoms with Crippen LogP contribution in [0.25, 0.3) is 0 Å². The monoisotopic (exact) mass is 283 g/mol. The molecule has 0 radical (unpaired) electrons. The maximum atomic E-state index is 5.86. The fraction of sp³-hybridized carbons (Fsp3) is 0.750. The van der Waals surface area contributed by atoms with E-state index in [1.807, 2.05) is 0 Å². The van der Waals surface area contributed by atoms with Crippen LogP contribution in [0.1, 0.15) is 25.7 Å². The number of piperidine rings is 1. The van der Waals surface area contributed by atoms with E-state index in [1.54, 1.807) is 0 Å². The second-order valence-electron chi connectivity index (χ2n) is 5.05. The Hall–Kier alpha value is -1.14. The lowest BCUT2D eigenvalue weighted by molar-refractivity contribution is 0.192. The fourth-order valence-electron chi connectivity index (χ4n) is 3.07. The second kappa shape index (κ2) is 5.46. The lowest BCUT2D eigenvalue weighted by Gasteiger charge is -2.32. The van der Waals surface area contributed by atoms with Crippen LogP contribution in [-0.2, 0) is 0 Å². The number of aromatic nitrogens is 3. The predicted molar refractivity (Wildman–Crippen MR) is 72.6 cm³/mol. The topological polar surface area (TPSA) is 63.2 Å². The van der Waals surface area contributed by atoms with E-state index in [2.05, 4.69) is 25.2 Å². The Morgan fingerprint density at radius 1 is 1.21 bits per heavy atom. The summed E-state index contributed by atoms with van der Waals surface area (Å²) in [6, 6.07) is 1.24. The Bertz CT molecular complexity index is 458. The van der Waals surface area contributed by atoms with Crippen LogP contribution in [0.15, 0.2) is 0 Å². The molecule has 19 heavy (non-hydrogen) atoms. The van der Waals surface area contributed by atoms with Crippen molar-refractivity contribution in [3.63, 3.8) is 0 Å². The van der Waals surface area contributed by atoms with Crippen LogP contribution < -0.4 is 10.1 Å². The summed E-state index contributed by atoms with van der Waals surface area (Å²) in [4.78, 5) is 14.7. The first-order valence-electron chi connectivity index (χ1n) is 6.72. The SMILES string of the molecule is COc1nc(Cl)nc(NC2CCN3CCCCC23)n1. The number of nitrogens with one attached hydrogen (secondary N) is 1. The van der Waals surface area contributed by atoms with Crippen molar-refractivity contribution in [2.75, 3.05) is 25.5 Å². The minimum atomic E-state index is 0.160. The van der Waals surface area contributed by atoms with Gasteiger partial charge in [0.05, 0.1) is 7.11 Å². The van der Waals surface area contributed by atoms with Crippen LogP contribution >= 0.6 is 11.6 Å². The van der Waals surface area contributed by atoms with Gasteiger partial charge in [-0.2, -0.15) is 15.0 Å². The molecular weight excluding hydrogens is 266 g/mol. The molecule has 0 spiro atoms. The van der Waals surface area contributed by atoms with Gasteiger partial charge in [0, 0.05) is 18.6 Å². The van der Waals surface area contributed by atoms with E-state index in [0.717, 1.165) is 13.0 Å². The highest BCUT2D eigenvalue weighted by Gasteiger charge is 2.35. The molecule has 3 heterocycles. The largest absolute Gasteiger partial charge is 0.467 e. The van der Waals surface area contributed by atoms with Crippen molar-refractivity contribution in [2.24, 2.45) is 0 Å². The maximum Gasteiger partial charge on any atom is 0.322 e. The average molecular weight is 284 g/mol. The molecule has 7 heteroatoms. The highest BCUT2D eigenvalue weighted by atomic mass is 35.5. The number of hydrogen-bond donors (Lipinski definition) is 1. The molecule has 2 aliphatic heterocycles. The third-order valence-electron chi connectivity index (χ3n) is 3.94. The third-order valence-corrected chi connectivity index (χ3v) is 4.11. The maximum absolute atomic E-state index is 5.86. The molecule has 0 aromatic carbocycles. The van der Waals surface area contributed by atoms with Gasteiger partial charge < -0.3 is 10.1 Å². The van der Waals surface area contributed by atoms with Crippen molar-refractivity contribution in [1.29, 1.82) is 0 Å². The minimum Gasteiger partial charge on any atom is -0.467 e. The van der Waals surface area contributed by atoms with Crippen LogP contribution in [0.2, 0.25) is 5.28 Å². The average Bonchev–Trinajstić information content (AvgIpc) is 2.82. The van der Waals surface area contributed by atoms with E-state index in [-0.39, 0.29) is 11.3 Å². The highest BCUT2D eigenvalue weighted by Crippen LogP contribution is 2.29. The summed E-state index contributed by atoms with van der Waals surface area (Å²) in [7, 11) is 1.52. The van der Waals surface area contributed by atoms with Gasteiger partial charge in [0.25, 0.3) is 0 Å². The molecule has 1 aromatic rings. The summed E-state index contributed by atoms with van der Waals surface area (Å²) in [6.45, 7) is 2.36. The van der Waals surface area contributed by atoms with Crippen LogP contribution in [0, 0.1) is 0 Å². The Labute approximate surface area is 117 Å². The van der Waals surface area contributed by atoms with E-state index in [4.69, 9.17) is 16.3 Å². The van der Waals surface area contributed by atoms with E-state index < -0.39 is 0 Å². The number of hydrogen-bond acceptors (Lipinski definition) is 6. The summed E-state index contributed by atoms with van der Waals surface area (Å²) < 4.78 is 5.01. The Balaban J connectivity index is 1.72. The van der Waals surface area contributed by atoms with Gasteiger partial charge in [-0.05, 0) is 37.4 Å². The second-order valence-corrected chi connectivity index (χ2v) is 5.39. The Kier molecular flexibility index (Phi) is 3.70. The molecule has 2 aliphatic rings. The van der Waals surface area contributed by atoms with E-state index in [0.29, 0.717) is 18.0 Å². The molecule has 6 nitrogen and oxygen atoms in total. The predicted octanol–water partition coefficient (Wildman–Crippen LogP) is 1.57. The van der Waals surface area contributed by atoms with Crippen molar-refractivity contribution in [3.05, 3.63) is 5.28 Å². The van der Waals surface area contributed by atoms with E-state index >= 15 is 0 Å².